The van der Waals surface area contributed by atoms with Gasteiger partial charge in [-0.15, -0.1) is 0 Å². The molecule has 0 unspecified atom stereocenters. The molecule has 0 spiro atoms. The molecule has 0 saturated heterocycles. The summed E-state index contributed by atoms with van der Waals surface area (Å²) in [6.45, 7) is 0.751. The van der Waals surface area contributed by atoms with Crippen LogP contribution in [0.25, 0.3) is 0 Å². The first kappa shape index (κ1) is 8.06. The lowest BCUT2D eigenvalue weighted by atomic mass is 10.1. The monoisotopic (exact) mass is 174 g/mol. The van der Waals surface area contributed by atoms with Gasteiger partial charge in [-0.2, -0.15) is 5.26 Å². The molecule has 3 nitrogen and oxygen atoms in total. The first-order valence-corrected chi connectivity index (χ1v) is 4.38. The Morgan fingerprint density at radius 2 is 2.54 bits per heavy atom. The fourth-order valence-corrected chi connectivity index (χ4v) is 1.57. The quantitative estimate of drug-likeness (QED) is 0.682. The van der Waals surface area contributed by atoms with E-state index in [0.717, 1.165) is 30.9 Å². The molecule has 0 fully saturated rings. The lowest BCUT2D eigenvalue weighted by Gasteiger charge is -2.02. The molecule has 0 aromatic carbocycles. The third-order valence-corrected chi connectivity index (χ3v) is 2.19. The van der Waals surface area contributed by atoms with Gasteiger partial charge in [0.05, 0.1) is 12.7 Å². The molecule has 3 heteroatoms. The number of rotatable bonds is 2. The highest BCUT2D eigenvalue weighted by Crippen LogP contribution is 2.26. The molecular weight excluding hydrogens is 164 g/mol. The van der Waals surface area contributed by atoms with Crippen molar-refractivity contribution in [1.29, 1.82) is 5.26 Å². The molecule has 0 aliphatic carbocycles. The van der Waals surface area contributed by atoms with Gasteiger partial charge in [-0.05, 0) is 6.07 Å². The van der Waals surface area contributed by atoms with Crippen molar-refractivity contribution in [3.05, 3.63) is 23.5 Å². The summed E-state index contributed by atoms with van der Waals surface area (Å²) in [6.07, 6.45) is 3.95. The van der Waals surface area contributed by atoms with Crippen LogP contribution in [0.5, 0.6) is 5.75 Å². The summed E-state index contributed by atoms with van der Waals surface area (Å²) >= 11 is 0. The maximum Gasteiger partial charge on any atom is 0.125 e. The molecule has 66 valence electrons. The predicted molar refractivity (Wildman–Crippen MR) is 47.4 cm³/mol. The third kappa shape index (κ3) is 1.48. The van der Waals surface area contributed by atoms with Crippen molar-refractivity contribution >= 4 is 0 Å². The number of ether oxygens (including phenoxy) is 1. The summed E-state index contributed by atoms with van der Waals surface area (Å²) in [4.78, 5) is 4.26. The van der Waals surface area contributed by atoms with Gasteiger partial charge >= 0.3 is 0 Å². The number of hydrogen-bond acceptors (Lipinski definition) is 3. The zero-order valence-corrected chi connectivity index (χ0v) is 7.29. The smallest absolute Gasteiger partial charge is 0.125 e. The van der Waals surface area contributed by atoms with E-state index in [1.807, 2.05) is 6.07 Å². The maximum absolute atomic E-state index is 8.47. The number of nitriles is 1. The van der Waals surface area contributed by atoms with Crippen molar-refractivity contribution in [3.8, 4) is 11.8 Å². The molecule has 1 aliphatic rings. The molecule has 2 heterocycles. The average molecular weight is 174 g/mol. The van der Waals surface area contributed by atoms with Gasteiger partial charge in [-0.3, -0.25) is 4.98 Å². The van der Waals surface area contributed by atoms with Crippen molar-refractivity contribution in [2.24, 2.45) is 0 Å². The van der Waals surface area contributed by atoms with Crippen molar-refractivity contribution in [2.45, 2.75) is 19.3 Å². The fraction of sp³-hybridized carbons (Fsp3) is 0.400. The van der Waals surface area contributed by atoms with Gasteiger partial charge < -0.3 is 4.74 Å². The molecule has 1 aromatic heterocycles. The summed E-state index contributed by atoms with van der Waals surface area (Å²) in [5.41, 5.74) is 2.22. The molecule has 1 aromatic rings. The Morgan fingerprint density at radius 3 is 3.38 bits per heavy atom. The van der Waals surface area contributed by atoms with Gasteiger partial charge in [0, 0.05) is 36.7 Å². The van der Waals surface area contributed by atoms with E-state index in [9.17, 15) is 0 Å². The second-order valence-electron chi connectivity index (χ2n) is 2.99. The number of pyridine rings is 1. The fourth-order valence-electron chi connectivity index (χ4n) is 1.57. The van der Waals surface area contributed by atoms with E-state index < -0.39 is 0 Å². The van der Waals surface area contributed by atoms with Crippen LogP contribution >= 0.6 is 0 Å². The molecular formula is C10H10N2O. The standard InChI is InChI=1S/C10H10N2O/c11-5-1-2-9-8-4-7-13-10(8)3-6-12-9/h3,6H,1-2,4,7H2. The Kier molecular flexibility index (Phi) is 2.13. The van der Waals surface area contributed by atoms with E-state index in [4.69, 9.17) is 10.00 Å². The van der Waals surface area contributed by atoms with Crippen LogP contribution in [0.4, 0.5) is 0 Å². The van der Waals surface area contributed by atoms with Crippen molar-refractivity contribution in [2.75, 3.05) is 6.61 Å². The highest BCUT2D eigenvalue weighted by atomic mass is 16.5. The second-order valence-corrected chi connectivity index (χ2v) is 2.99. The van der Waals surface area contributed by atoms with Gasteiger partial charge in [-0.1, -0.05) is 0 Å². The van der Waals surface area contributed by atoms with Crippen LogP contribution in [-0.2, 0) is 12.8 Å². The molecule has 0 bridgehead atoms. The molecule has 0 N–H and O–H groups in total. The SMILES string of the molecule is N#CCCc1nccc2c1CCO2. The zero-order chi connectivity index (χ0) is 9.10. The van der Waals surface area contributed by atoms with E-state index >= 15 is 0 Å². The minimum Gasteiger partial charge on any atom is -0.493 e. The van der Waals surface area contributed by atoms with Gasteiger partial charge in [0.1, 0.15) is 5.75 Å². The Hall–Kier alpha value is -1.56. The minimum absolute atomic E-state index is 0.531. The minimum atomic E-state index is 0.531. The van der Waals surface area contributed by atoms with Crippen molar-refractivity contribution < 1.29 is 4.74 Å². The Morgan fingerprint density at radius 1 is 1.62 bits per heavy atom. The number of aromatic nitrogens is 1. The summed E-state index contributed by atoms with van der Waals surface area (Å²) in [5, 5.41) is 8.47. The first-order valence-electron chi connectivity index (χ1n) is 4.38. The lowest BCUT2D eigenvalue weighted by Crippen LogP contribution is -1.94. The van der Waals surface area contributed by atoms with E-state index in [0.29, 0.717) is 6.42 Å². The summed E-state index contributed by atoms with van der Waals surface area (Å²) in [5.74, 6) is 0.947. The number of aryl methyl sites for hydroxylation is 1. The largest absolute Gasteiger partial charge is 0.493 e. The van der Waals surface area contributed by atoms with E-state index in [-0.39, 0.29) is 0 Å². The van der Waals surface area contributed by atoms with Crippen LogP contribution in [0.3, 0.4) is 0 Å². The molecule has 0 amide bonds. The van der Waals surface area contributed by atoms with Crippen LogP contribution in [0.2, 0.25) is 0 Å². The number of hydrogen-bond donors (Lipinski definition) is 0. The summed E-state index contributed by atoms with van der Waals surface area (Å²) in [6, 6.07) is 4.01. The summed E-state index contributed by atoms with van der Waals surface area (Å²) < 4.78 is 5.40. The average Bonchev–Trinajstić information content (AvgIpc) is 2.62. The van der Waals surface area contributed by atoms with Crippen LogP contribution < -0.4 is 4.74 Å². The van der Waals surface area contributed by atoms with Gasteiger partial charge in [0.25, 0.3) is 0 Å². The van der Waals surface area contributed by atoms with Crippen LogP contribution in [0, 0.1) is 11.3 Å². The Bertz CT molecular complexity index is 354. The van der Waals surface area contributed by atoms with E-state index in [1.54, 1.807) is 6.20 Å². The Labute approximate surface area is 77.0 Å². The van der Waals surface area contributed by atoms with Crippen molar-refractivity contribution in [1.82, 2.24) is 4.98 Å². The van der Waals surface area contributed by atoms with Crippen molar-refractivity contribution in [3.63, 3.8) is 0 Å². The molecule has 0 atom stereocenters. The second kappa shape index (κ2) is 3.44. The number of fused-ring (bicyclic) bond motifs is 1. The number of nitrogens with zero attached hydrogens (tertiary/aromatic N) is 2. The van der Waals surface area contributed by atoms with Crippen LogP contribution in [0.15, 0.2) is 12.3 Å². The molecule has 13 heavy (non-hydrogen) atoms. The van der Waals surface area contributed by atoms with Gasteiger partial charge in [0.2, 0.25) is 0 Å². The summed E-state index contributed by atoms with van der Waals surface area (Å²) in [7, 11) is 0. The maximum atomic E-state index is 8.47. The van der Waals surface area contributed by atoms with E-state index in [1.165, 1.54) is 5.56 Å². The third-order valence-electron chi connectivity index (χ3n) is 2.19. The Balaban J connectivity index is 2.26. The highest BCUT2D eigenvalue weighted by molar-refractivity contribution is 5.38. The molecule has 0 saturated carbocycles. The van der Waals surface area contributed by atoms with Crippen LogP contribution in [-0.4, -0.2) is 11.6 Å². The first-order chi connectivity index (χ1) is 6.42. The predicted octanol–water partition coefficient (Wildman–Crippen LogP) is 1.47. The van der Waals surface area contributed by atoms with E-state index in [2.05, 4.69) is 11.1 Å². The highest BCUT2D eigenvalue weighted by Gasteiger charge is 2.15. The van der Waals surface area contributed by atoms with Gasteiger partial charge in [0.15, 0.2) is 0 Å². The van der Waals surface area contributed by atoms with Crippen LogP contribution in [0.1, 0.15) is 17.7 Å². The lowest BCUT2D eigenvalue weighted by molar-refractivity contribution is 0.356. The molecule has 1 aliphatic heterocycles. The molecule has 2 rings (SSSR count). The van der Waals surface area contributed by atoms with Gasteiger partial charge in [-0.25, -0.2) is 0 Å². The zero-order valence-electron chi connectivity index (χ0n) is 7.29. The normalized spacial score (nSPS) is 13.2. The topological polar surface area (TPSA) is 45.9 Å². The molecule has 0 radical (unpaired) electrons.